The zero-order chi connectivity index (χ0) is 14.7. The number of hydrogen-bond acceptors (Lipinski definition) is 4. The summed E-state index contributed by atoms with van der Waals surface area (Å²) < 4.78 is 5.39. The zero-order valence-electron chi connectivity index (χ0n) is 12.1. The number of rotatable bonds is 4. The maximum Gasteiger partial charge on any atom is 0.230 e. The molecule has 20 heavy (non-hydrogen) atoms. The van der Waals surface area contributed by atoms with Gasteiger partial charge in [-0.05, 0) is 26.3 Å². The minimum absolute atomic E-state index is 0.0809. The first-order valence-electron chi connectivity index (χ1n) is 6.35. The number of thiazole rings is 1. The van der Waals surface area contributed by atoms with Crippen molar-refractivity contribution in [3.05, 3.63) is 39.9 Å². The van der Waals surface area contributed by atoms with E-state index >= 15 is 0 Å². The molecule has 4 nitrogen and oxygen atoms in total. The molecule has 106 valence electrons. The van der Waals surface area contributed by atoms with E-state index in [1.165, 1.54) is 11.3 Å². The third-order valence-corrected chi connectivity index (χ3v) is 3.79. The summed E-state index contributed by atoms with van der Waals surface area (Å²) in [7, 11) is 1.63. The second-order valence-electron chi connectivity index (χ2n) is 4.79. The Morgan fingerprint density at radius 1 is 1.35 bits per heavy atom. The Morgan fingerprint density at radius 2 is 2.10 bits per heavy atom. The molecule has 1 aromatic heterocycles. The van der Waals surface area contributed by atoms with Gasteiger partial charge in [-0.1, -0.05) is 17.7 Å². The van der Waals surface area contributed by atoms with Gasteiger partial charge in [0.1, 0.15) is 5.75 Å². The SMILES string of the molecule is COc1c(C)cc(C)cc1CC(=O)Nc1nc(C)cs1. The fourth-order valence-corrected chi connectivity index (χ4v) is 2.92. The summed E-state index contributed by atoms with van der Waals surface area (Å²) in [6.07, 6.45) is 0.282. The molecule has 0 saturated carbocycles. The number of amides is 1. The fourth-order valence-electron chi connectivity index (χ4n) is 2.21. The van der Waals surface area contributed by atoms with E-state index < -0.39 is 0 Å². The van der Waals surface area contributed by atoms with Crippen LogP contribution in [0.3, 0.4) is 0 Å². The van der Waals surface area contributed by atoms with E-state index in [2.05, 4.69) is 10.3 Å². The highest BCUT2D eigenvalue weighted by Crippen LogP contribution is 2.26. The Morgan fingerprint density at radius 3 is 2.70 bits per heavy atom. The molecule has 0 aliphatic heterocycles. The maximum absolute atomic E-state index is 12.1. The van der Waals surface area contributed by atoms with Crippen LogP contribution in [0.25, 0.3) is 0 Å². The second kappa shape index (κ2) is 6.05. The van der Waals surface area contributed by atoms with E-state index in [9.17, 15) is 4.79 Å². The molecule has 2 rings (SSSR count). The molecule has 2 aromatic rings. The quantitative estimate of drug-likeness (QED) is 0.940. The molecular weight excluding hydrogens is 272 g/mol. The first-order chi connectivity index (χ1) is 9.49. The number of aryl methyl sites for hydroxylation is 3. The summed E-state index contributed by atoms with van der Waals surface area (Å²) in [5, 5.41) is 5.36. The van der Waals surface area contributed by atoms with E-state index in [0.29, 0.717) is 5.13 Å². The van der Waals surface area contributed by atoms with Gasteiger partial charge in [-0.25, -0.2) is 4.98 Å². The number of anilines is 1. The largest absolute Gasteiger partial charge is 0.496 e. The lowest BCUT2D eigenvalue weighted by atomic mass is 10.0. The van der Waals surface area contributed by atoms with E-state index in [4.69, 9.17) is 4.74 Å². The number of carbonyl (C=O) groups excluding carboxylic acids is 1. The van der Waals surface area contributed by atoms with Crippen LogP contribution < -0.4 is 10.1 Å². The molecule has 5 heteroatoms. The number of nitrogens with one attached hydrogen (secondary N) is 1. The number of nitrogens with zero attached hydrogens (tertiary/aromatic N) is 1. The van der Waals surface area contributed by atoms with Crippen LogP contribution in [0, 0.1) is 20.8 Å². The summed E-state index contributed by atoms with van der Waals surface area (Å²) in [5.41, 5.74) is 3.97. The van der Waals surface area contributed by atoms with Gasteiger partial charge in [0.15, 0.2) is 5.13 Å². The Balaban J connectivity index is 2.15. The van der Waals surface area contributed by atoms with Crippen molar-refractivity contribution >= 4 is 22.4 Å². The van der Waals surface area contributed by atoms with Gasteiger partial charge >= 0.3 is 0 Å². The zero-order valence-corrected chi connectivity index (χ0v) is 12.9. The first-order valence-corrected chi connectivity index (χ1v) is 7.23. The van der Waals surface area contributed by atoms with Crippen molar-refractivity contribution in [3.63, 3.8) is 0 Å². The van der Waals surface area contributed by atoms with Gasteiger partial charge in [-0.3, -0.25) is 4.79 Å². The second-order valence-corrected chi connectivity index (χ2v) is 5.65. The highest BCUT2D eigenvalue weighted by Gasteiger charge is 2.13. The molecule has 0 unspecified atom stereocenters. The smallest absolute Gasteiger partial charge is 0.230 e. The van der Waals surface area contributed by atoms with Crippen LogP contribution in [0.4, 0.5) is 5.13 Å². The minimum atomic E-state index is -0.0809. The Labute approximate surface area is 122 Å². The molecule has 0 fully saturated rings. The highest BCUT2D eigenvalue weighted by molar-refractivity contribution is 7.13. The van der Waals surface area contributed by atoms with Crippen molar-refractivity contribution < 1.29 is 9.53 Å². The van der Waals surface area contributed by atoms with E-state index in [1.807, 2.05) is 38.3 Å². The number of hydrogen-bond donors (Lipinski definition) is 1. The highest BCUT2D eigenvalue weighted by atomic mass is 32.1. The summed E-state index contributed by atoms with van der Waals surface area (Å²) in [6.45, 7) is 5.90. The van der Waals surface area contributed by atoms with E-state index in [1.54, 1.807) is 7.11 Å². The number of carbonyl (C=O) groups is 1. The molecule has 0 atom stereocenters. The standard InChI is InChI=1S/C15H18N2O2S/c1-9-5-10(2)14(19-4)12(6-9)7-13(18)17-15-16-11(3)8-20-15/h5-6,8H,7H2,1-4H3,(H,16,17,18). The summed E-state index contributed by atoms with van der Waals surface area (Å²) >= 11 is 1.43. The first kappa shape index (κ1) is 14.5. The van der Waals surface area contributed by atoms with Crippen molar-refractivity contribution in [2.45, 2.75) is 27.2 Å². The number of ether oxygens (including phenoxy) is 1. The van der Waals surface area contributed by atoms with Crippen molar-refractivity contribution in [1.29, 1.82) is 0 Å². The Bertz CT molecular complexity index is 635. The monoisotopic (exact) mass is 290 g/mol. The van der Waals surface area contributed by atoms with Gasteiger partial charge in [-0.15, -0.1) is 11.3 Å². The van der Waals surface area contributed by atoms with Gasteiger partial charge in [0, 0.05) is 10.9 Å². The third kappa shape index (κ3) is 3.36. The van der Waals surface area contributed by atoms with Crippen LogP contribution in [-0.4, -0.2) is 18.0 Å². The summed E-state index contributed by atoms with van der Waals surface area (Å²) in [4.78, 5) is 16.3. The fraction of sp³-hybridized carbons (Fsp3) is 0.333. The number of aromatic nitrogens is 1. The molecule has 1 N–H and O–H groups in total. The van der Waals surface area contributed by atoms with Crippen LogP contribution in [0.5, 0.6) is 5.75 Å². The minimum Gasteiger partial charge on any atom is -0.496 e. The van der Waals surface area contributed by atoms with E-state index in [0.717, 1.165) is 28.1 Å². The predicted molar refractivity (Wildman–Crippen MR) is 81.7 cm³/mol. The predicted octanol–water partition coefficient (Wildman–Crippen LogP) is 3.26. The molecule has 0 spiro atoms. The molecule has 0 aliphatic carbocycles. The van der Waals surface area contributed by atoms with Crippen molar-refractivity contribution in [2.24, 2.45) is 0 Å². The van der Waals surface area contributed by atoms with Crippen LogP contribution in [0.2, 0.25) is 0 Å². The number of methoxy groups -OCH3 is 1. The average Bonchev–Trinajstić information content (AvgIpc) is 2.74. The summed E-state index contributed by atoms with van der Waals surface area (Å²) in [6, 6.07) is 4.03. The van der Waals surface area contributed by atoms with E-state index in [-0.39, 0.29) is 12.3 Å². The molecule has 0 saturated heterocycles. The van der Waals surface area contributed by atoms with Gasteiger partial charge in [-0.2, -0.15) is 0 Å². The van der Waals surface area contributed by atoms with Crippen molar-refractivity contribution in [3.8, 4) is 5.75 Å². The molecule has 0 aliphatic rings. The molecule has 1 aromatic carbocycles. The molecular formula is C15H18N2O2S. The van der Waals surface area contributed by atoms with Gasteiger partial charge < -0.3 is 10.1 Å². The molecule has 0 bridgehead atoms. The molecule has 1 heterocycles. The molecule has 1 amide bonds. The van der Waals surface area contributed by atoms with Gasteiger partial charge in [0.05, 0.1) is 19.2 Å². The van der Waals surface area contributed by atoms with Crippen molar-refractivity contribution in [1.82, 2.24) is 4.98 Å². The Hall–Kier alpha value is -1.88. The normalized spacial score (nSPS) is 10.4. The maximum atomic E-state index is 12.1. The van der Waals surface area contributed by atoms with Crippen LogP contribution in [0.15, 0.2) is 17.5 Å². The average molecular weight is 290 g/mol. The lowest BCUT2D eigenvalue weighted by Crippen LogP contribution is -2.15. The topological polar surface area (TPSA) is 51.2 Å². The number of benzene rings is 1. The Kier molecular flexibility index (Phi) is 4.39. The van der Waals surface area contributed by atoms with Crippen LogP contribution >= 0.6 is 11.3 Å². The lowest BCUT2D eigenvalue weighted by molar-refractivity contribution is -0.115. The van der Waals surface area contributed by atoms with Crippen molar-refractivity contribution in [2.75, 3.05) is 12.4 Å². The van der Waals surface area contributed by atoms with Crippen LogP contribution in [-0.2, 0) is 11.2 Å². The van der Waals surface area contributed by atoms with Crippen LogP contribution in [0.1, 0.15) is 22.4 Å². The molecule has 0 radical (unpaired) electrons. The lowest BCUT2D eigenvalue weighted by Gasteiger charge is -2.12. The summed E-state index contributed by atoms with van der Waals surface area (Å²) in [5.74, 6) is 0.698. The third-order valence-electron chi connectivity index (χ3n) is 2.92. The van der Waals surface area contributed by atoms with Gasteiger partial charge in [0.2, 0.25) is 5.91 Å². The van der Waals surface area contributed by atoms with Gasteiger partial charge in [0.25, 0.3) is 0 Å².